The molecule has 130 valence electrons. The summed E-state index contributed by atoms with van der Waals surface area (Å²) in [6.07, 6.45) is -0.0321. The molecule has 0 spiro atoms. The number of hydrogen-bond acceptors (Lipinski definition) is 6. The summed E-state index contributed by atoms with van der Waals surface area (Å²) in [7, 11) is 0. The van der Waals surface area contributed by atoms with Crippen molar-refractivity contribution < 1.29 is 18.8 Å². The number of nitrogens with one attached hydrogen (secondary N) is 2. The number of aromatic nitrogens is 1. The molecular weight excluding hydrogens is 298 g/mol. The van der Waals surface area contributed by atoms with Gasteiger partial charge in [-0.25, -0.2) is 0 Å². The Morgan fingerprint density at radius 1 is 1.30 bits per heavy atom. The zero-order valence-electron chi connectivity index (χ0n) is 14.6. The highest BCUT2D eigenvalue weighted by atomic mass is 16.6. The van der Waals surface area contributed by atoms with Crippen molar-refractivity contribution in [2.24, 2.45) is 0 Å². The average Bonchev–Trinajstić information content (AvgIpc) is 2.95. The molecule has 7 nitrogen and oxygen atoms in total. The molecule has 2 rings (SSSR count). The maximum Gasteiger partial charge on any atom is 0.245 e. The van der Waals surface area contributed by atoms with Crippen LogP contribution in [0.25, 0.3) is 0 Å². The predicted molar refractivity (Wildman–Crippen MR) is 86.5 cm³/mol. The van der Waals surface area contributed by atoms with E-state index in [1.54, 1.807) is 6.07 Å². The Balaban J connectivity index is 1.88. The first kappa shape index (κ1) is 17.9. The van der Waals surface area contributed by atoms with E-state index >= 15 is 0 Å². The van der Waals surface area contributed by atoms with Crippen LogP contribution in [0.5, 0.6) is 0 Å². The molecule has 1 amide bonds. The SMILES string of the molecule is CC(C)(NCC1COCCO1)C(=O)Nc1cc(C(C)(C)C)on1. The highest BCUT2D eigenvalue weighted by molar-refractivity contribution is 5.96. The van der Waals surface area contributed by atoms with Gasteiger partial charge in [-0.15, -0.1) is 0 Å². The van der Waals surface area contributed by atoms with E-state index in [1.165, 1.54) is 0 Å². The van der Waals surface area contributed by atoms with Crippen molar-refractivity contribution in [1.29, 1.82) is 0 Å². The molecular formula is C16H27N3O4. The van der Waals surface area contributed by atoms with Crippen LogP contribution in [-0.2, 0) is 19.7 Å². The third-order valence-electron chi connectivity index (χ3n) is 3.72. The molecule has 0 saturated carbocycles. The van der Waals surface area contributed by atoms with Crippen LogP contribution < -0.4 is 10.6 Å². The maximum atomic E-state index is 12.4. The Hall–Kier alpha value is -1.44. The standard InChI is InChI=1S/C16H27N3O4/c1-15(2,3)12-8-13(19-23-12)18-14(20)16(4,5)17-9-11-10-21-6-7-22-11/h8,11,17H,6-7,9-10H2,1-5H3,(H,18,19,20). The van der Waals surface area contributed by atoms with Crippen molar-refractivity contribution in [2.45, 2.75) is 51.7 Å². The molecule has 2 heterocycles. The number of amides is 1. The van der Waals surface area contributed by atoms with Crippen LogP contribution in [0, 0.1) is 0 Å². The van der Waals surface area contributed by atoms with E-state index in [0.29, 0.717) is 32.2 Å². The van der Waals surface area contributed by atoms with Gasteiger partial charge in [0.25, 0.3) is 0 Å². The van der Waals surface area contributed by atoms with Crippen molar-refractivity contribution in [1.82, 2.24) is 10.5 Å². The van der Waals surface area contributed by atoms with Crippen LogP contribution >= 0.6 is 0 Å². The molecule has 1 aliphatic rings. The van der Waals surface area contributed by atoms with Gasteiger partial charge in [-0.3, -0.25) is 4.79 Å². The highest BCUT2D eigenvalue weighted by Gasteiger charge is 2.30. The summed E-state index contributed by atoms with van der Waals surface area (Å²) in [5.41, 5.74) is -0.913. The van der Waals surface area contributed by atoms with Crippen molar-refractivity contribution in [3.8, 4) is 0 Å². The Morgan fingerprint density at radius 2 is 2.04 bits per heavy atom. The zero-order valence-corrected chi connectivity index (χ0v) is 14.6. The molecule has 0 radical (unpaired) electrons. The van der Waals surface area contributed by atoms with Gasteiger partial charge >= 0.3 is 0 Å². The number of anilines is 1. The molecule has 0 aromatic carbocycles. The number of carbonyl (C=O) groups is 1. The third-order valence-corrected chi connectivity index (χ3v) is 3.72. The fourth-order valence-corrected chi connectivity index (χ4v) is 2.06. The summed E-state index contributed by atoms with van der Waals surface area (Å²) < 4.78 is 16.2. The van der Waals surface area contributed by atoms with Crippen LogP contribution in [0.4, 0.5) is 5.82 Å². The van der Waals surface area contributed by atoms with E-state index in [4.69, 9.17) is 14.0 Å². The first-order valence-electron chi connectivity index (χ1n) is 7.91. The third kappa shape index (κ3) is 5.02. The van der Waals surface area contributed by atoms with Gasteiger partial charge in [0.1, 0.15) is 5.76 Å². The second-order valence-corrected chi connectivity index (χ2v) is 7.35. The fraction of sp³-hybridized carbons (Fsp3) is 0.750. The van der Waals surface area contributed by atoms with Crippen LogP contribution in [0.1, 0.15) is 40.4 Å². The minimum atomic E-state index is -0.762. The fourth-order valence-electron chi connectivity index (χ4n) is 2.06. The van der Waals surface area contributed by atoms with Crippen LogP contribution in [-0.4, -0.2) is 49.1 Å². The smallest absolute Gasteiger partial charge is 0.245 e. The molecule has 1 unspecified atom stereocenters. The molecule has 23 heavy (non-hydrogen) atoms. The number of rotatable bonds is 5. The van der Waals surface area contributed by atoms with Crippen molar-refractivity contribution in [2.75, 3.05) is 31.7 Å². The zero-order chi connectivity index (χ0) is 17.1. The molecule has 1 aliphatic heterocycles. The highest BCUT2D eigenvalue weighted by Crippen LogP contribution is 2.24. The first-order chi connectivity index (χ1) is 10.7. The van der Waals surface area contributed by atoms with Crippen molar-refractivity contribution >= 4 is 11.7 Å². The minimum absolute atomic E-state index is 0.0321. The summed E-state index contributed by atoms with van der Waals surface area (Å²) >= 11 is 0. The molecule has 1 atom stereocenters. The van der Waals surface area contributed by atoms with Gasteiger partial charge < -0.3 is 24.6 Å². The molecule has 2 N–H and O–H groups in total. The number of hydrogen-bond donors (Lipinski definition) is 2. The average molecular weight is 325 g/mol. The largest absolute Gasteiger partial charge is 0.376 e. The first-order valence-corrected chi connectivity index (χ1v) is 7.91. The molecule has 1 saturated heterocycles. The molecule has 1 aromatic heterocycles. The van der Waals surface area contributed by atoms with Gasteiger partial charge in [0.05, 0.1) is 31.5 Å². The van der Waals surface area contributed by atoms with E-state index in [1.807, 2.05) is 34.6 Å². The van der Waals surface area contributed by atoms with Gasteiger partial charge in [-0.2, -0.15) is 0 Å². The quantitative estimate of drug-likeness (QED) is 0.857. The minimum Gasteiger partial charge on any atom is -0.376 e. The predicted octanol–water partition coefficient (Wildman–Crippen LogP) is 1.69. The number of ether oxygens (including phenoxy) is 2. The Kier molecular flexibility index (Phi) is 5.44. The summed E-state index contributed by atoms with van der Waals surface area (Å²) in [5.74, 6) is 0.973. The van der Waals surface area contributed by atoms with Gasteiger partial charge in [0.15, 0.2) is 5.82 Å². The second-order valence-electron chi connectivity index (χ2n) is 7.35. The van der Waals surface area contributed by atoms with Crippen LogP contribution in [0.3, 0.4) is 0 Å². The lowest BCUT2D eigenvalue weighted by Crippen LogP contribution is -2.53. The molecule has 0 bridgehead atoms. The normalized spacial score (nSPS) is 19.6. The second kappa shape index (κ2) is 6.98. The van der Waals surface area contributed by atoms with E-state index in [2.05, 4.69) is 15.8 Å². The van der Waals surface area contributed by atoms with Crippen molar-refractivity contribution in [3.63, 3.8) is 0 Å². The molecule has 7 heteroatoms. The van der Waals surface area contributed by atoms with E-state index in [9.17, 15) is 4.79 Å². The van der Waals surface area contributed by atoms with E-state index in [-0.39, 0.29) is 17.4 Å². The van der Waals surface area contributed by atoms with Gasteiger partial charge in [-0.1, -0.05) is 25.9 Å². The number of nitrogens with zero attached hydrogens (tertiary/aromatic N) is 1. The van der Waals surface area contributed by atoms with Crippen molar-refractivity contribution in [3.05, 3.63) is 11.8 Å². The monoisotopic (exact) mass is 325 g/mol. The summed E-state index contributed by atoms with van der Waals surface area (Å²) in [6.45, 7) is 12.0. The van der Waals surface area contributed by atoms with Crippen LogP contribution in [0.2, 0.25) is 0 Å². The van der Waals surface area contributed by atoms with E-state index in [0.717, 1.165) is 5.76 Å². The van der Waals surface area contributed by atoms with Gasteiger partial charge in [0, 0.05) is 18.0 Å². The lowest BCUT2D eigenvalue weighted by molar-refractivity contribution is -0.122. The maximum absolute atomic E-state index is 12.4. The Labute approximate surface area is 137 Å². The molecule has 1 fully saturated rings. The summed E-state index contributed by atoms with van der Waals surface area (Å²) in [6, 6.07) is 1.76. The molecule has 0 aliphatic carbocycles. The summed E-state index contributed by atoms with van der Waals surface area (Å²) in [4.78, 5) is 12.4. The summed E-state index contributed by atoms with van der Waals surface area (Å²) in [5, 5.41) is 9.90. The van der Waals surface area contributed by atoms with E-state index < -0.39 is 5.54 Å². The topological polar surface area (TPSA) is 85.6 Å². The lowest BCUT2D eigenvalue weighted by atomic mass is 9.93. The lowest BCUT2D eigenvalue weighted by Gasteiger charge is -2.29. The molecule has 1 aromatic rings. The Morgan fingerprint density at radius 3 is 2.61 bits per heavy atom. The Bertz CT molecular complexity index is 528. The van der Waals surface area contributed by atoms with Gasteiger partial charge in [-0.05, 0) is 13.8 Å². The van der Waals surface area contributed by atoms with Crippen LogP contribution in [0.15, 0.2) is 10.6 Å². The van der Waals surface area contributed by atoms with Gasteiger partial charge in [0.2, 0.25) is 5.91 Å². The number of carbonyl (C=O) groups excluding carboxylic acids is 1.